The Hall–Kier alpha value is -1.59. The number of rotatable bonds is 10. The predicted molar refractivity (Wildman–Crippen MR) is 126 cm³/mol. The van der Waals surface area contributed by atoms with Crippen molar-refractivity contribution in [3.8, 4) is 0 Å². The molecule has 0 spiro atoms. The highest BCUT2D eigenvalue weighted by molar-refractivity contribution is 6.35. The molecule has 2 aromatic rings. The number of likely N-dealkylation sites (N-methyl/N-ethyl adjacent to an activating group) is 1. The van der Waals surface area contributed by atoms with Crippen molar-refractivity contribution in [3.05, 3.63) is 69.7 Å². The second kappa shape index (κ2) is 10.1. The summed E-state index contributed by atoms with van der Waals surface area (Å²) in [7, 11) is 4.00. The number of hydrogen-bond acceptors (Lipinski definition) is 3. The highest BCUT2D eigenvalue weighted by Gasteiger charge is 2.46. The summed E-state index contributed by atoms with van der Waals surface area (Å²) in [5, 5.41) is 8.02. The largest absolute Gasteiger partial charge is 0.353 e. The maximum absolute atomic E-state index is 13.1. The second-order valence-corrected chi connectivity index (χ2v) is 9.40. The first-order valence-electron chi connectivity index (χ1n) is 10.5. The molecule has 0 saturated heterocycles. The lowest BCUT2D eigenvalue weighted by molar-refractivity contribution is -0.123. The third-order valence-corrected chi connectivity index (χ3v) is 6.53. The molecule has 1 amide bonds. The van der Waals surface area contributed by atoms with Gasteiger partial charge in [0.2, 0.25) is 5.91 Å². The minimum absolute atomic E-state index is 0.0275. The molecule has 0 aromatic heterocycles. The third-order valence-electron chi connectivity index (χ3n) is 5.98. The fourth-order valence-corrected chi connectivity index (χ4v) is 4.48. The van der Waals surface area contributed by atoms with Gasteiger partial charge >= 0.3 is 0 Å². The summed E-state index contributed by atoms with van der Waals surface area (Å²) < 4.78 is 0. The normalized spacial score (nSPS) is 16.9. The number of nitrogens with one attached hydrogen (secondary N) is 2. The highest BCUT2D eigenvalue weighted by atomic mass is 35.5. The van der Waals surface area contributed by atoms with Gasteiger partial charge in [0.25, 0.3) is 0 Å². The van der Waals surface area contributed by atoms with E-state index < -0.39 is 0 Å². The summed E-state index contributed by atoms with van der Waals surface area (Å²) in [4.78, 5) is 15.1. The van der Waals surface area contributed by atoms with Gasteiger partial charge in [-0.25, -0.2) is 0 Å². The molecule has 6 heteroatoms. The molecule has 0 radical (unpaired) electrons. The van der Waals surface area contributed by atoms with Gasteiger partial charge in [-0.3, -0.25) is 4.79 Å². The van der Waals surface area contributed by atoms with Crippen LogP contribution in [-0.2, 0) is 10.2 Å². The molecule has 0 bridgehead atoms. The topological polar surface area (TPSA) is 44.4 Å². The zero-order chi connectivity index (χ0) is 21.7. The Kier molecular flexibility index (Phi) is 7.81. The smallest absolute Gasteiger partial charge is 0.237 e. The van der Waals surface area contributed by atoms with E-state index in [9.17, 15) is 4.79 Å². The van der Waals surface area contributed by atoms with Gasteiger partial charge < -0.3 is 15.5 Å². The van der Waals surface area contributed by atoms with Gasteiger partial charge in [-0.2, -0.15) is 0 Å². The molecule has 1 saturated carbocycles. The first-order chi connectivity index (χ1) is 14.3. The van der Waals surface area contributed by atoms with Gasteiger partial charge in [-0.1, -0.05) is 66.5 Å². The van der Waals surface area contributed by atoms with Crippen LogP contribution in [0.2, 0.25) is 10.0 Å². The van der Waals surface area contributed by atoms with Gasteiger partial charge in [0.1, 0.15) is 0 Å². The number of halogens is 2. The van der Waals surface area contributed by atoms with Crippen molar-refractivity contribution >= 4 is 29.1 Å². The minimum Gasteiger partial charge on any atom is -0.353 e. The molecule has 2 N–H and O–H groups in total. The van der Waals surface area contributed by atoms with E-state index in [1.807, 2.05) is 44.4 Å². The zero-order valence-electron chi connectivity index (χ0n) is 17.9. The number of nitrogens with zero attached hydrogens (tertiary/aromatic N) is 1. The molecule has 1 aliphatic carbocycles. The van der Waals surface area contributed by atoms with Gasteiger partial charge in [-0.15, -0.1) is 0 Å². The molecule has 2 unspecified atom stereocenters. The van der Waals surface area contributed by atoms with E-state index >= 15 is 0 Å². The van der Waals surface area contributed by atoms with Crippen molar-refractivity contribution in [2.24, 2.45) is 0 Å². The fraction of sp³-hybridized carbons (Fsp3) is 0.458. The summed E-state index contributed by atoms with van der Waals surface area (Å²) in [6.07, 6.45) is 2.10. The first kappa shape index (κ1) is 23.1. The lowest BCUT2D eigenvalue weighted by Crippen LogP contribution is -2.50. The Bertz CT molecular complexity index is 853. The van der Waals surface area contributed by atoms with Crippen molar-refractivity contribution in [3.63, 3.8) is 0 Å². The number of carbonyl (C=O) groups is 1. The molecular weight excluding hydrogens is 417 g/mol. The first-order valence-corrected chi connectivity index (χ1v) is 11.2. The molecule has 162 valence electrons. The Labute approximate surface area is 189 Å². The summed E-state index contributed by atoms with van der Waals surface area (Å²) in [6.45, 7) is 4.24. The van der Waals surface area contributed by atoms with Crippen LogP contribution in [0.15, 0.2) is 48.5 Å². The van der Waals surface area contributed by atoms with Crippen molar-refractivity contribution in [1.29, 1.82) is 0 Å². The van der Waals surface area contributed by atoms with Crippen molar-refractivity contribution in [2.45, 2.75) is 37.1 Å². The lowest BCUT2D eigenvalue weighted by Gasteiger charge is -2.28. The molecular formula is C24H31Cl2N3O. The monoisotopic (exact) mass is 447 g/mol. The standard InChI is InChI=1S/C24H31Cl2N3O/c1-17(18-7-5-4-6-8-18)22(23(30)27-13-14-29(2)3)28-16-24(11-12-24)20-10-9-19(25)15-21(20)26/h4-10,15,17,22,28H,11-14,16H2,1-3H3,(H,27,30). The summed E-state index contributed by atoms with van der Waals surface area (Å²) >= 11 is 12.6. The van der Waals surface area contributed by atoms with Crippen LogP contribution in [-0.4, -0.2) is 50.6 Å². The Morgan fingerprint density at radius 3 is 2.43 bits per heavy atom. The maximum Gasteiger partial charge on any atom is 0.237 e. The number of carbonyl (C=O) groups excluding carboxylic acids is 1. The summed E-state index contributed by atoms with van der Waals surface area (Å²) in [5.74, 6) is 0.0771. The zero-order valence-corrected chi connectivity index (χ0v) is 19.4. The molecule has 4 nitrogen and oxygen atoms in total. The molecule has 0 aliphatic heterocycles. The van der Waals surface area contributed by atoms with Crippen LogP contribution in [0.25, 0.3) is 0 Å². The van der Waals surface area contributed by atoms with Crippen LogP contribution in [0.5, 0.6) is 0 Å². The van der Waals surface area contributed by atoms with Crippen LogP contribution in [0.3, 0.4) is 0 Å². The van der Waals surface area contributed by atoms with Gasteiger partial charge in [0.05, 0.1) is 6.04 Å². The van der Waals surface area contributed by atoms with Crippen LogP contribution < -0.4 is 10.6 Å². The molecule has 2 aromatic carbocycles. The van der Waals surface area contributed by atoms with E-state index in [-0.39, 0.29) is 23.3 Å². The molecule has 1 fully saturated rings. The summed E-state index contributed by atoms with van der Waals surface area (Å²) in [5.41, 5.74) is 2.23. The molecule has 2 atom stereocenters. The van der Waals surface area contributed by atoms with E-state index in [1.165, 1.54) is 0 Å². The number of amides is 1. The van der Waals surface area contributed by atoms with Gasteiger partial charge in [0.15, 0.2) is 0 Å². The van der Waals surface area contributed by atoms with E-state index in [2.05, 4.69) is 34.6 Å². The third kappa shape index (κ3) is 5.76. The quantitative estimate of drug-likeness (QED) is 0.564. The maximum atomic E-state index is 13.1. The Balaban J connectivity index is 1.74. The predicted octanol–water partition coefficient (Wildman–Crippen LogP) is 4.46. The van der Waals surface area contributed by atoms with Gasteiger partial charge in [0, 0.05) is 41.0 Å². The van der Waals surface area contributed by atoms with Crippen LogP contribution in [0.1, 0.15) is 36.8 Å². The van der Waals surface area contributed by atoms with E-state index in [0.717, 1.165) is 30.5 Å². The minimum atomic E-state index is -0.321. The van der Waals surface area contributed by atoms with Crippen LogP contribution >= 0.6 is 23.2 Å². The van der Waals surface area contributed by atoms with Crippen molar-refractivity contribution in [1.82, 2.24) is 15.5 Å². The molecule has 30 heavy (non-hydrogen) atoms. The fourth-order valence-electron chi connectivity index (χ4n) is 3.88. The summed E-state index contributed by atoms with van der Waals surface area (Å²) in [6, 6.07) is 15.6. The van der Waals surface area contributed by atoms with Crippen LogP contribution in [0.4, 0.5) is 0 Å². The SMILES string of the molecule is CC(c1ccccc1)C(NCC1(c2ccc(Cl)cc2Cl)CC1)C(=O)NCCN(C)C. The Morgan fingerprint density at radius 2 is 1.83 bits per heavy atom. The average molecular weight is 448 g/mol. The van der Waals surface area contributed by atoms with Crippen molar-refractivity contribution in [2.75, 3.05) is 33.7 Å². The molecule has 0 heterocycles. The number of hydrogen-bond donors (Lipinski definition) is 2. The van der Waals surface area contributed by atoms with E-state index in [4.69, 9.17) is 23.2 Å². The van der Waals surface area contributed by atoms with E-state index in [1.54, 1.807) is 6.07 Å². The molecule has 3 rings (SSSR count). The molecule has 1 aliphatic rings. The average Bonchev–Trinajstić information content (AvgIpc) is 3.49. The van der Waals surface area contributed by atoms with E-state index in [0.29, 0.717) is 23.1 Å². The van der Waals surface area contributed by atoms with Crippen LogP contribution in [0, 0.1) is 0 Å². The highest BCUT2D eigenvalue weighted by Crippen LogP contribution is 2.50. The van der Waals surface area contributed by atoms with Gasteiger partial charge in [-0.05, 0) is 50.2 Å². The Morgan fingerprint density at radius 1 is 1.13 bits per heavy atom. The second-order valence-electron chi connectivity index (χ2n) is 8.56. The lowest BCUT2D eigenvalue weighted by atomic mass is 9.90. The van der Waals surface area contributed by atoms with Crippen molar-refractivity contribution < 1.29 is 4.79 Å². The number of benzene rings is 2.